The lowest BCUT2D eigenvalue weighted by molar-refractivity contribution is -0.274. The monoisotopic (exact) mass is 378 g/mol. The molecule has 6 nitrogen and oxygen atoms in total. The Morgan fingerprint density at radius 3 is 2.37 bits per heavy atom. The second-order valence-corrected chi connectivity index (χ2v) is 5.66. The summed E-state index contributed by atoms with van der Waals surface area (Å²) in [6, 6.07) is 12.5. The molecule has 9 heteroatoms. The van der Waals surface area contributed by atoms with Gasteiger partial charge in [-0.25, -0.2) is 4.99 Å². The van der Waals surface area contributed by atoms with Crippen molar-refractivity contribution in [2.24, 2.45) is 10.7 Å². The Balaban J connectivity index is 1.78. The molecule has 0 spiro atoms. The first-order valence-electron chi connectivity index (χ1n) is 8.00. The summed E-state index contributed by atoms with van der Waals surface area (Å²) < 4.78 is 40.6. The first-order valence-corrected chi connectivity index (χ1v) is 8.00. The fraction of sp³-hybridized carbons (Fsp3) is 0.167. The molecule has 0 aliphatic carbocycles. The summed E-state index contributed by atoms with van der Waals surface area (Å²) in [6.45, 7) is 0.623. The van der Waals surface area contributed by atoms with Gasteiger partial charge < -0.3 is 26.2 Å². The summed E-state index contributed by atoms with van der Waals surface area (Å²) in [6.07, 6.45) is -4.75. The van der Waals surface area contributed by atoms with Gasteiger partial charge in [-0.1, -0.05) is 12.1 Å². The van der Waals surface area contributed by atoms with E-state index in [-0.39, 0.29) is 24.0 Å². The van der Waals surface area contributed by atoms with Crippen LogP contribution >= 0.6 is 0 Å². The van der Waals surface area contributed by atoms with Crippen molar-refractivity contribution in [3.63, 3.8) is 0 Å². The molecule has 2 aromatic carbocycles. The van der Waals surface area contributed by atoms with Gasteiger partial charge in [-0.2, -0.15) is 0 Å². The average Bonchev–Trinajstić information content (AvgIpc) is 2.64. The van der Waals surface area contributed by atoms with Gasteiger partial charge in [0.2, 0.25) is 0 Å². The summed E-state index contributed by atoms with van der Waals surface area (Å²) in [5.41, 5.74) is 8.09. The molecule has 2 aromatic rings. The molecule has 142 valence electrons. The quantitative estimate of drug-likeness (QED) is 0.655. The summed E-state index contributed by atoms with van der Waals surface area (Å²) in [5, 5.41) is 16.4. The zero-order valence-corrected chi connectivity index (χ0v) is 14.0. The van der Waals surface area contributed by atoms with Crippen molar-refractivity contribution in [3.8, 4) is 5.75 Å². The van der Waals surface area contributed by atoms with Gasteiger partial charge in [0.05, 0.1) is 5.70 Å². The zero-order chi connectivity index (χ0) is 19.4. The molecular weight excluding hydrogens is 361 g/mol. The molecule has 0 aromatic heterocycles. The van der Waals surface area contributed by atoms with Crippen LogP contribution < -0.4 is 21.1 Å². The third kappa shape index (κ3) is 4.70. The van der Waals surface area contributed by atoms with Crippen LogP contribution in [-0.2, 0) is 6.54 Å². The highest BCUT2D eigenvalue weighted by atomic mass is 19.4. The first kappa shape index (κ1) is 18.6. The predicted octanol–water partition coefficient (Wildman–Crippen LogP) is 3.34. The van der Waals surface area contributed by atoms with Gasteiger partial charge in [0.1, 0.15) is 12.4 Å². The molecule has 1 heterocycles. The lowest BCUT2D eigenvalue weighted by Crippen LogP contribution is -2.28. The van der Waals surface area contributed by atoms with E-state index in [0.29, 0.717) is 23.5 Å². The van der Waals surface area contributed by atoms with Crippen LogP contribution in [0.25, 0.3) is 5.70 Å². The van der Waals surface area contributed by atoms with E-state index in [1.54, 1.807) is 0 Å². The van der Waals surface area contributed by atoms with Gasteiger partial charge in [-0.05, 0) is 42.0 Å². The second kappa shape index (κ2) is 7.58. The summed E-state index contributed by atoms with van der Waals surface area (Å²) in [4.78, 5) is 4.18. The predicted molar refractivity (Wildman–Crippen MR) is 96.1 cm³/mol. The molecule has 0 fully saturated rings. The number of nitrogens with two attached hydrogens (primary N) is 1. The van der Waals surface area contributed by atoms with E-state index in [2.05, 4.69) is 20.4 Å². The SMILES string of the molecule is NCc1ccc(NC2=NCNC(c3ccc(OC(F)(F)F)cc3)=C2O)cc1. The molecule has 0 bridgehead atoms. The number of aliphatic imine (C=N–C) groups is 1. The Morgan fingerprint density at radius 2 is 1.78 bits per heavy atom. The number of hydrogen-bond acceptors (Lipinski definition) is 6. The van der Waals surface area contributed by atoms with E-state index < -0.39 is 6.36 Å². The summed E-state index contributed by atoms with van der Waals surface area (Å²) in [5.74, 6) is -0.234. The first-order chi connectivity index (χ1) is 12.9. The molecule has 0 saturated heterocycles. The van der Waals surface area contributed by atoms with Crippen LogP contribution in [-0.4, -0.2) is 24.0 Å². The van der Waals surface area contributed by atoms with Crippen molar-refractivity contribution >= 4 is 17.2 Å². The fourth-order valence-corrected chi connectivity index (χ4v) is 2.50. The standard InChI is InChI=1S/C18H17F3N4O2/c19-18(20,21)27-14-7-3-12(4-8-14)15-16(26)17(24-10-23-15)25-13-5-1-11(9-22)2-6-13/h1-8,23,26H,9-10,22H2,(H,24,25). The maximum atomic E-state index is 12.2. The number of aliphatic hydroxyl groups is 1. The number of nitrogens with one attached hydrogen (secondary N) is 2. The van der Waals surface area contributed by atoms with E-state index in [9.17, 15) is 18.3 Å². The van der Waals surface area contributed by atoms with E-state index in [4.69, 9.17) is 5.73 Å². The maximum absolute atomic E-state index is 12.2. The third-order valence-corrected chi connectivity index (χ3v) is 3.78. The minimum absolute atomic E-state index is 0.145. The number of ether oxygens (including phenoxy) is 1. The number of hydrogen-bond donors (Lipinski definition) is 4. The number of nitrogens with zero attached hydrogens (tertiary/aromatic N) is 1. The molecule has 0 amide bonds. The van der Waals surface area contributed by atoms with Crippen molar-refractivity contribution in [1.82, 2.24) is 5.32 Å². The lowest BCUT2D eigenvalue weighted by atomic mass is 10.1. The normalized spacial score (nSPS) is 14.4. The number of alkyl halides is 3. The van der Waals surface area contributed by atoms with Gasteiger partial charge >= 0.3 is 6.36 Å². The third-order valence-electron chi connectivity index (χ3n) is 3.78. The molecule has 0 saturated carbocycles. The topological polar surface area (TPSA) is 91.9 Å². The van der Waals surface area contributed by atoms with Crippen LogP contribution in [0.3, 0.4) is 0 Å². The highest BCUT2D eigenvalue weighted by Gasteiger charge is 2.31. The highest BCUT2D eigenvalue weighted by molar-refractivity contribution is 6.11. The van der Waals surface area contributed by atoms with Crippen molar-refractivity contribution in [2.75, 3.05) is 12.0 Å². The Labute approximate surface area is 153 Å². The molecule has 27 heavy (non-hydrogen) atoms. The molecule has 0 radical (unpaired) electrons. The minimum Gasteiger partial charge on any atom is -0.503 e. The van der Waals surface area contributed by atoms with Crippen LogP contribution in [0, 0.1) is 0 Å². The summed E-state index contributed by atoms with van der Waals surface area (Å²) >= 11 is 0. The van der Waals surface area contributed by atoms with E-state index in [1.807, 2.05) is 24.3 Å². The van der Waals surface area contributed by atoms with Crippen LogP contribution in [0.4, 0.5) is 18.9 Å². The number of amidine groups is 1. The Hall–Kier alpha value is -3.20. The molecule has 0 atom stereocenters. The van der Waals surface area contributed by atoms with Crippen molar-refractivity contribution < 1.29 is 23.0 Å². The number of rotatable bonds is 4. The van der Waals surface area contributed by atoms with Crippen molar-refractivity contribution in [1.29, 1.82) is 0 Å². The molecule has 1 aliphatic heterocycles. The number of anilines is 1. The largest absolute Gasteiger partial charge is 0.573 e. The van der Waals surface area contributed by atoms with E-state index >= 15 is 0 Å². The smallest absolute Gasteiger partial charge is 0.503 e. The number of aliphatic hydroxyl groups excluding tert-OH is 1. The molecular formula is C18H17F3N4O2. The fourth-order valence-electron chi connectivity index (χ4n) is 2.50. The van der Waals surface area contributed by atoms with Crippen molar-refractivity contribution in [3.05, 3.63) is 65.4 Å². The van der Waals surface area contributed by atoms with Gasteiger partial charge in [0, 0.05) is 17.8 Å². The van der Waals surface area contributed by atoms with Gasteiger partial charge in [0.15, 0.2) is 11.6 Å². The van der Waals surface area contributed by atoms with Crippen molar-refractivity contribution in [2.45, 2.75) is 12.9 Å². The minimum atomic E-state index is -4.75. The van der Waals surface area contributed by atoms with E-state index in [0.717, 1.165) is 5.56 Å². The molecule has 1 aliphatic rings. The van der Waals surface area contributed by atoms with Gasteiger partial charge in [0.25, 0.3) is 0 Å². The average molecular weight is 378 g/mol. The van der Waals surface area contributed by atoms with E-state index in [1.165, 1.54) is 24.3 Å². The number of halogens is 3. The molecule has 3 rings (SSSR count). The number of benzene rings is 2. The zero-order valence-electron chi connectivity index (χ0n) is 14.0. The van der Waals surface area contributed by atoms with Crippen LogP contribution in [0.2, 0.25) is 0 Å². The van der Waals surface area contributed by atoms with Crippen LogP contribution in [0.1, 0.15) is 11.1 Å². The molecule has 5 N–H and O–H groups in total. The van der Waals surface area contributed by atoms with Crippen LogP contribution in [0.15, 0.2) is 59.3 Å². The molecule has 0 unspecified atom stereocenters. The van der Waals surface area contributed by atoms with Gasteiger partial charge in [-0.3, -0.25) is 0 Å². The Bertz CT molecular complexity index is 860. The summed E-state index contributed by atoms with van der Waals surface area (Å²) in [7, 11) is 0. The Morgan fingerprint density at radius 1 is 1.11 bits per heavy atom. The highest BCUT2D eigenvalue weighted by Crippen LogP contribution is 2.26. The van der Waals surface area contributed by atoms with Gasteiger partial charge in [-0.15, -0.1) is 13.2 Å². The van der Waals surface area contributed by atoms with Crippen LogP contribution in [0.5, 0.6) is 5.75 Å². The Kier molecular flexibility index (Phi) is 5.22. The lowest BCUT2D eigenvalue weighted by Gasteiger charge is -2.20. The maximum Gasteiger partial charge on any atom is 0.573 e. The second-order valence-electron chi connectivity index (χ2n) is 5.66.